The summed E-state index contributed by atoms with van der Waals surface area (Å²) >= 11 is 0. The molecule has 0 aromatic carbocycles. The quantitative estimate of drug-likeness (QED) is 0.426. The van der Waals surface area contributed by atoms with Gasteiger partial charge < -0.3 is 4.74 Å². The zero-order valence-corrected chi connectivity index (χ0v) is 5.92. The molecule has 0 unspecified atom stereocenters. The number of hydrogen-bond donors (Lipinski definition) is 0. The highest BCUT2D eigenvalue weighted by molar-refractivity contribution is 6.32. The SMILES string of the molecule is CC(=O)C(=O)OCC1CC1. The molecule has 3 heteroatoms. The summed E-state index contributed by atoms with van der Waals surface area (Å²) in [4.78, 5) is 20.8. The first-order valence-corrected chi connectivity index (χ1v) is 3.38. The van der Waals surface area contributed by atoms with Gasteiger partial charge in [-0.15, -0.1) is 0 Å². The molecule has 1 aliphatic rings. The molecule has 10 heavy (non-hydrogen) atoms. The van der Waals surface area contributed by atoms with Crippen molar-refractivity contribution in [2.75, 3.05) is 6.61 Å². The third kappa shape index (κ3) is 2.17. The fourth-order valence-corrected chi connectivity index (χ4v) is 0.580. The Morgan fingerprint density at radius 2 is 2.10 bits per heavy atom. The van der Waals surface area contributed by atoms with Crippen LogP contribution in [0.3, 0.4) is 0 Å². The molecule has 1 saturated carbocycles. The van der Waals surface area contributed by atoms with Crippen LogP contribution >= 0.6 is 0 Å². The molecular weight excluding hydrogens is 132 g/mol. The van der Waals surface area contributed by atoms with Crippen molar-refractivity contribution in [2.24, 2.45) is 5.92 Å². The van der Waals surface area contributed by atoms with E-state index in [4.69, 9.17) is 0 Å². The van der Waals surface area contributed by atoms with Gasteiger partial charge in [-0.1, -0.05) is 0 Å². The van der Waals surface area contributed by atoms with Gasteiger partial charge in [-0.3, -0.25) is 4.79 Å². The summed E-state index contributed by atoms with van der Waals surface area (Å²) in [5.74, 6) is -0.684. The number of carbonyl (C=O) groups excluding carboxylic acids is 2. The van der Waals surface area contributed by atoms with Crippen LogP contribution in [0.25, 0.3) is 0 Å². The van der Waals surface area contributed by atoms with Gasteiger partial charge in [0.1, 0.15) is 0 Å². The first kappa shape index (κ1) is 7.25. The fraction of sp³-hybridized carbons (Fsp3) is 0.714. The predicted octanol–water partition coefficient (Wildman–Crippen LogP) is 0.529. The van der Waals surface area contributed by atoms with Gasteiger partial charge in [0.05, 0.1) is 6.61 Å². The van der Waals surface area contributed by atoms with Crippen molar-refractivity contribution in [1.82, 2.24) is 0 Å². The molecule has 0 amide bonds. The molecule has 0 bridgehead atoms. The number of hydrogen-bond acceptors (Lipinski definition) is 3. The van der Waals surface area contributed by atoms with Crippen molar-refractivity contribution in [3.8, 4) is 0 Å². The Labute approximate surface area is 59.4 Å². The number of ether oxygens (including phenoxy) is 1. The molecule has 0 heterocycles. The van der Waals surface area contributed by atoms with E-state index in [1.165, 1.54) is 6.92 Å². The zero-order valence-electron chi connectivity index (χ0n) is 5.92. The maximum Gasteiger partial charge on any atom is 0.374 e. The third-order valence-electron chi connectivity index (χ3n) is 1.43. The molecule has 1 fully saturated rings. The van der Waals surface area contributed by atoms with Crippen LogP contribution in [0, 0.1) is 5.92 Å². The summed E-state index contributed by atoms with van der Waals surface area (Å²) in [5, 5.41) is 0. The van der Waals surface area contributed by atoms with Gasteiger partial charge in [0.25, 0.3) is 0 Å². The van der Waals surface area contributed by atoms with Crippen LogP contribution in [0.2, 0.25) is 0 Å². The maximum atomic E-state index is 10.5. The molecule has 0 aromatic rings. The Morgan fingerprint density at radius 1 is 1.50 bits per heavy atom. The van der Waals surface area contributed by atoms with Crippen molar-refractivity contribution in [1.29, 1.82) is 0 Å². The summed E-state index contributed by atoms with van der Waals surface area (Å²) in [5.41, 5.74) is 0. The summed E-state index contributed by atoms with van der Waals surface area (Å²) in [6, 6.07) is 0. The molecule has 3 nitrogen and oxygen atoms in total. The number of rotatable bonds is 3. The molecule has 0 aromatic heterocycles. The van der Waals surface area contributed by atoms with Crippen LogP contribution in [0.5, 0.6) is 0 Å². The van der Waals surface area contributed by atoms with Crippen LogP contribution in [0.4, 0.5) is 0 Å². The van der Waals surface area contributed by atoms with Crippen molar-refractivity contribution < 1.29 is 14.3 Å². The second kappa shape index (κ2) is 2.82. The number of Topliss-reactive ketones (excluding diaryl/α,β-unsaturated/α-hetero) is 1. The largest absolute Gasteiger partial charge is 0.460 e. The van der Waals surface area contributed by atoms with E-state index in [0.717, 1.165) is 12.8 Å². The minimum Gasteiger partial charge on any atom is -0.460 e. The fourth-order valence-electron chi connectivity index (χ4n) is 0.580. The highest BCUT2D eigenvalue weighted by Gasteiger charge is 2.23. The molecule has 1 rings (SSSR count). The zero-order chi connectivity index (χ0) is 7.56. The van der Waals surface area contributed by atoms with E-state index in [2.05, 4.69) is 4.74 Å². The molecule has 0 spiro atoms. The van der Waals surface area contributed by atoms with Gasteiger partial charge in [0, 0.05) is 6.92 Å². The van der Waals surface area contributed by atoms with Gasteiger partial charge in [-0.05, 0) is 18.8 Å². The van der Waals surface area contributed by atoms with Gasteiger partial charge in [-0.2, -0.15) is 0 Å². The second-order valence-corrected chi connectivity index (χ2v) is 2.60. The maximum absolute atomic E-state index is 10.5. The topological polar surface area (TPSA) is 43.4 Å². The van der Waals surface area contributed by atoms with E-state index in [0.29, 0.717) is 12.5 Å². The molecule has 0 aliphatic heterocycles. The Kier molecular flexibility index (Phi) is 2.04. The average molecular weight is 142 g/mol. The summed E-state index contributed by atoms with van der Waals surface area (Å²) in [7, 11) is 0. The van der Waals surface area contributed by atoms with Gasteiger partial charge in [-0.25, -0.2) is 4.79 Å². The van der Waals surface area contributed by atoms with Crippen LogP contribution in [-0.2, 0) is 14.3 Å². The number of ketones is 1. The van der Waals surface area contributed by atoms with Crippen LogP contribution < -0.4 is 0 Å². The highest BCUT2D eigenvalue weighted by Crippen LogP contribution is 2.28. The monoisotopic (exact) mass is 142 g/mol. The van der Waals surface area contributed by atoms with Crippen LogP contribution in [-0.4, -0.2) is 18.4 Å². The highest BCUT2D eigenvalue weighted by atomic mass is 16.5. The molecule has 0 saturated heterocycles. The average Bonchev–Trinajstić information content (AvgIpc) is 2.64. The van der Waals surface area contributed by atoms with Crippen molar-refractivity contribution in [3.63, 3.8) is 0 Å². The Hall–Kier alpha value is -0.860. The smallest absolute Gasteiger partial charge is 0.374 e. The van der Waals surface area contributed by atoms with Gasteiger partial charge in [0.15, 0.2) is 0 Å². The first-order chi connectivity index (χ1) is 4.70. The lowest BCUT2D eigenvalue weighted by molar-refractivity contribution is -0.153. The van der Waals surface area contributed by atoms with Crippen LogP contribution in [0.15, 0.2) is 0 Å². The van der Waals surface area contributed by atoms with E-state index in [1.54, 1.807) is 0 Å². The molecule has 0 N–H and O–H groups in total. The molecule has 0 atom stereocenters. The second-order valence-electron chi connectivity index (χ2n) is 2.60. The molecule has 56 valence electrons. The lowest BCUT2D eigenvalue weighted by Gasteiger charge is -1.97. The Bertz CT molecular complexity index is 158. The number of carbonyl (C=O) groups is 2. The van der Waals surface area contributed by atoms with Crippen molar-refractivity contribution in [2.45, 2.75) is 19.8 Å². The minimum absolute atomic E-state index is 0.429. The van der Waals surface area contributed by atoms with Gasteiger partial charge in [0.2, 0.25) is 5.78 Å². The van der Waals surface area contributed by atoms with Crippen molar-refractivity contribution >= 4 is 11.8 Å². The van der Waals surface area contributed by atoms with Gasteiger partial charge >= 0.3 is 5.97 Å². The first-order valence-electron chi connectivity index (χ1n) is 3.38. The van der Waals surface area contributed by atoms with E-state index in [1.807, 2.05) is 0 Å². The predicted molar refractivity (Wildman–Crippen MR) is 34.4 cm³/mol. The summed E-state index contributed by atoms with van der Waals surface area (Å²) in [6.07, 6.45) is 2.26. The third-order valence-corrected chi connectivity index (χ3v) is 1.43. The minimum atomic E-state index is -0.702. The molecular formula is C7H10O3. The van der Waals surface area contributed by atoms with E-state index < -0.39 is 11.8 Å². The number of esters is 1. The summed E-state index contributed by atoms with van der Waals surface area (Å²) < 4.78 is 4.64. The lowest BCUT2D eigenvalue weighted by atomic mass is 10.4. The van der Waals surface area contributed by atoms with E-state index >= 15 is 0 Å². The van der Waals surface area contributed by atoms with Crippen molar-refractivity contribution in [3.05, 3.63) is 0 Å². The van der Waals surface area contributed by atoms with E-state index in [9.17, 15) is 9.59 Å². The lowest BCUT2D eigenvalue weighted by Crippen LogP contribution is -2.14. The molecule has 0 radical (unpaired) electrons. The Morgan fingerprint density at radius 3 is 2.50 bits per heavy atom. The normalized spacial score (nSPS) is 16.5. The molecule has 1 aliphatic carbocycles. The standard InChI is InChI=1S/C7H10O3/c1-5(8)7(9)10-4-6-2-3-6/h6H,2-4H2,1H3. The van der Waals surface area contributed by atoms with E-state index in [-0.39, 0.29) is 0 Å². The summed E-state index contributed by atoms with van der Waals surface area (Å²) in [6.45, 7) is 1.65. The Balaban J connectivity index is 2.11. The van der Waals surface area contributed by atoms with Crippen LogP contribution in [0.1, 0.15) is 19.8 Å².